The molecule has 0 bridgehead atoms. The number of phenolic OH excluding ortho intramolecular Hbond substituents is 1. The lowest BCUT2D eigenvalue weighted by molar-refractivity contribution is 0.102. The van der Waals surface area contributed by atoms with E-state index in [-0.39, 0.29) is 27.6 Å². The largest absolute Gasteiger partial charge is 0.506 e. The highest BCUT2D eigenvalue weighted by Gasteiger charge is 2.19. The topological polar surface area (TPSA) is 114 Å². The first-order valence-corrected chi connectivity index (χ1v) is 11.4. The summed E-state index contributed by atoms with van der Waals surface area (Å²) in [6.45, 7) is 2.77. The van der Waals surface area contributed by atoms with Crippen molar-refractivity contribution in [2.45, 2.75) is 18.2 Å². The number of hydrogen-bond acceptors (Lipinski definition) is 6. The summed E-state index contributed by atoms with van der Waals surface area (Å²) < 4.78 is 39.3. The van der Waals surface area contributed by atoms with Gasteiger partial charge in [0.15, 0.2) is 11.5 Å². The fourth-order valence-electron chi connectivity index (χ4n) is 3.19. The number of nitrogens with one attached hydrogen (secondary N) is 2. The van der Waals surface area contributed by atoms with Crippen molar-refractivity contribution in [1.29, 1.82) is 0 Å². The van der Waals surface area contributed by atoms with E-state index in [1.165, 1.54) is 24.3 Å². The summed E-state index contributed by atoms with van der Waals surface area (Å²) in [5.41, 5.74) is 1.56. The van der Waals surface area contributed by atoms with Crippen LogP contribution >= 0.6 is 0 Å². The van der Waals surface area contributed by atoms with E-state index >= 15 is 0 Å². The lowest BCUT2D eigenvalue weighted by atomic mass is 10.1. The maximum absolute atomic E-state index is 12.9. The van der Waals surface area contributed by atoms with Crippen LogP contribution in [0, 0.1) is 6.92 Å². The Morgan fingerprint density at radius 2 is 1.75 bits per heavy atom. The van der Waals surface area contributed by atoms with Gasteiger partial charge in [-0.1, -0.05) is 12.1 Å². The highest BCUT2D eigenvalue weighted by atomic mass is 32.2. The van der Waals surface area contributed by atoms with Gasteiger partial charge in [0.1, 0.15) is 5.75 Å². The second-order valence-corrected chi connectivity index (χ2v) is 9.00. The molecule has 0 aliphatic carbocycles. The molecule has 0 aromatic heterocycles. The Morgan fingerprint density at radius 3 is 2.53 bits per heavy atom. The van der Waals surface area contributed by atoms with Gasteiger partial charge in [0, 0.05) is 23.7 Å². The highest BCUT2D eigenvalue weighted by molar-refractivity contribution is 7.92. The number of aryl methyl sites for hydroxylation is 1. The van der Waals surface area contributed by atoms with E-state index < -0.39 is 15.9 Å². The Morgan fingerprint density at radius 1 is 0.969 bits per heavy atom. The van der Waals surface area contributed by atoms with Crippen LogP contribution in [-0.2, 0) is 10.0 Å². The Bertz CT molecular complexity index is 1270. The molecule has 0 saturated carbocycles. The monoisotopic (exact) mass is 454 g/mol. The summed E-state index contributed by atoms with van der Waals surface area (Å²) in [7, 11) is -3.93. The maximum atomic E-state index is 12.9. The van der Waals surface area contributed by atoms with Crippen molar-refractivity contribution in [3.8, 4) is 17.2 Å². The zero-order valence-electron chi connectivity index (χ0n) is 17.3. The van der Waals surface area contributed by atoms with Gasteiger partial charge < -0.3 is 19.9 Å². The van der Waals surface area contributed by atoms with Crippen LogP contribution in [0.4, 0.5) is 11.4 Å². The van der Waals surface area contributed by atoms with Crippen molar-refractivity contribution >= 4 is 27.3 Å². The van der Waals surface area contributed by atoms with Crippen molar-refractivity contribution in [2.24, 2.45) is 0 Å². The third-order valence-corrected chi connectivity index (χ3v) is 6.19. The average Bonchev–Trinajstić information content (AvgIpc) is 3.00. The molecule has 1 aliphatic rings. The number of amides is 1. The number of anilines is 2. The van der Waals surface area contributed by atoms with Gasteiger partial charge in [0.2, 0.25) is 0 Å². The number of benzene rings is 3. The summed E-state index contributed by atoms with van der Waals surface area (Å²) in [4.78, 5) is 12.6. The Labute approximate surface area is 185 Å². The molecule has 0 spiro atoms. The van der Waals surface area contributed by atoms with Crippen molar-refractivity contribution in [2.75, 3.05) is 23.3 Å². The molecule has 3 aromatic carbocycles. The first kappa shape index (κ1) is 21.5. The summed E-state index contributed by atoms with van der Waals surface area (Å²) in [5.74, 6) is 0.335. The Hall–Kier alpha value is -3.72. The van der Waals surface area contributed by atoms with Crippen LogP contribution in [0.5, 0.6) is 17.2 Å². The van der Waals surface area contributed by atoms with Crippen LogP contribution in [0.15, 0.2) is 65.6 Å². The molecule has 0 atom stereocenters. The predicted octanol–water partition coefficient (Wildman–Crippen LogP) is 3.92. The number of ether oxygens (including phenoxy) is 2. The number of sulfonamides is 1. The minimum absolute atomic E-state index is 0.0150. The molecule has 166 valence electrons. The molecular formula is C23H22N2O6S. The predicted molar refractivity (Wildman–Crippen MR) is 120 cm³/mol. The fraction of sp³-hybridized carbons (Fsp3) is 0.174. The molecule has 0 radical (unpaired) electrons. The van der Waals surface area contributed by atoms with E-state index in [0.717, 1.165) is 5.56 Å². The number of carbonyl (C=O) groups is 1. The number of carbonyl (C=O) groups excluding carboxylic acids is 1. The highest BCUT2D eigenvalue weighted by Crippen LogP contribution is 2.32. The Balaban J connectivity index is 1.53. The van der Waals surface area contributed by atoms with Crippen LogP contribution < -0.4 is 19.5 Å². The molecule has 0 saturated heterocycles. The van der Waals surface area contributed by atoms with Gasteiger partial charge >= 0.3 is 0 Å². The van der Waals surface area contributed by atoms with Gasteiger partial charge in [-0.25, -0.2) is 8.42 Å². The van der Waals surface area contributed by atoms with E-state index in [4.69, 9.17) is 9.47 Å². The lowest BCUT2D eigenvalue weighted by Gasteiger charge is -2.12. The molecule has 0 fully saturated rings. The van der Waals surface area contributed by atoms with Crippen molar-refractivity contribution in [3.63, 3.8) is 0 Å². The number of phenols is 1. The second kappa shape index (κ2) is 8.80. The van der Waals surface area contributed by atoms with Crippen molar-refractivity contribution in [1.82, 2.24) is 0 Å². The van der Waals surface area contributed by atoms with E-state index in [2.05, 4.69) is 10.0 Å². The SMILES string of the molecule is Cc1ccc(NC(=O)c2cccc(NS(=O)(=O)c3ccc4c(c3)OCCCO4)c2)c(O)c1. The number of aromatic hydroxyl groups is 1. The smallest absolute Gasteiger partial charge is 0.262 e. The number of hydrogen-bond donors (Lipinski definition) is 3. The van der Waals surface area contributed by atoms with Gasteiger partial charge in [-0.3, -0.25) is 9.52 Å². The van der Waals surface area contributed by atoms with E-state index in [0.29, 0.717) is 31.1 Å². The Kier molecular flexibility index (Phi) is 5.91. The summed E-state index contributed by atoms with van der Waals surface area (Å²) in [5, 5.41) is 12.6. The van der Waals surface area contributed by atoms with Gasteiger partial charge in [0.25, 0.3) is 15.9 Å². The van der Waals surface area contributed by atoms with Crippen LogP contribution in [0.3, 0.4) is 0 Å². The molecular weight excluding hydrogens is 432 g/mol. The normalized spacial score (nSPS) is 13.2. The van der Waals surface area contributed by atoms with Crippen molar-refractivity contribution in [3.05, 3.63) is 71.8 Å². The lowest BCUT2D eigenvalue weighted by Crippen LogP contribution is -2.15. The minimum Gasteiger partial charge on any atom is -0.506 e. The van der Waals surface area contributed by atoms with Gasteiger partial charge in [-0.05, 0) is 55.0 Å². The van der Waals surface area contributed by atoms with E-state index in [1.54, 1.807) is 36.4 Å². The molecule has 1 aliphatic heterocycles. The maximum Gasteiger partial charge on any atom is 0.262 e. The van der Waals surface area contributed by atoms with Crippen molar-refractivity contribution < 1.29 is 27.8 Å². The fourth-order valence-corrected chi connectivity index (χ4v) is 4.26. The molecule has 4 rings (SSSR count). The minimum atomic E-state index is -3.93. The molecule has 32 heavy (non-hydrogen) atoms. The third-order valence-electron chi connectivity index (χ3n) is 4.81. The summed E-state index contributed by atoms with van der Waals surface area (Å²) in [6.07, 6.45) is 0.713. The second-order valence-electron chi connectivity index (χ2n) is 7.32. The van der Waals surface area contributed by atoms with Crippen LogP contribution in [0.25, 0.3) is 0 Å². The average molecular weight is 455 g/mol. The zero-order valence-corrected chi connectivity index (χ0v) is 18.1. The molecule has 9 heteroatoms. The molecule has 1 amide bonds. The third kappa shape index (κ3) is 4.78. The standard InChI is InChI=1S/C23H22N2O6S/c1-15-6-8-19(20(26)12-15)24-23(27)16-4-2-5-17(13-16)25-32(28,29)18-7-9-21-22(14-18)31-11-3-10-30-21/h2,4-9,12-14,25-26H,3,10-11H2,1H3,(H,24,27). The molecule has 3 aromatic rings. The van der Waals surface area contributed by atoms with Crippen LogP contribution in [-0.4, -0.2) is 32.6 Å². The first-order valence-electron chi connectivity index (χ1n) is 9.95. The number of rotatable bonds is 5. The number of fused-ring (bicyclic) bond motifs is 1. The van der Waals surface area contributed by atoms with E-state index in [9.17, 15) is 18.3 Å². The van der Waals surface area contributed by atoms with E-state index in [1.807, 2.05) is 6.92 Å². The molecule has 3 N–H and O–H groups in total. The van der Waals surface area contributed by atoms with Gasteiger partial charge in [-0.15, -0.1) is 0 Å². The van der Waals surface area contributed by atoms with Gasteiger partial charge in [0.05, 0.1) is 23.8 Å². The summed E-state index contributed by atoms with van der Waals surface area (Å²) >= 11 is 0. The molecule has 8 nitrogen and oxygen atoms in total. The summed E-state index contributed by atoms with van der Waals surface area (Å²) in [6, 6.07) is 15.4. The zero-order chi connectivity index (χ0) is 22.7. The molecule has 0 unspecified atom stereocenters. The molecule has 1 heterocycles. The quantitative estimate of drug-likeness (QED) is 0.504. The van der Waals surface area contributed by atoms with Crippen LogP contribution in [0.1, 0.15) is 22.3 Å². The van der Waals surface area contributed by atoms with Gasteiger partial charge in [-0.2, -0.15) is 0 Å². The van der Waals surface area contributed by atoms with Crippen LogP contribution in [0.2, 0.25) is 0 Å². The first-order chi connectivity index (χ1) is 15.3.